The van der Waals surface area contributed by atoms with Crippen molar-refractivity contribution in [1.29, 1.82) is 0 Å². The fourth-order valence-corrected chi connectivity index (χ4v) is 9.62. The molecule has 360 valence electrons. The largest absolute Gasteiger partial charge is 0.422 e. The zero-order valence-corrected chi connectivity index (χ0v) is 49.4. The Hall–Kier alpha value is 1.84. The van der Waals surface area contributed by atoms with Crippen molar-refractivity contribution in [2.24, 2.45) is 0 Å². The van der Waals surface area contributed by atoms with Gasteiger partial charge in [0.25, 0.3) is 0 Å². The number of hydrogen-bond acceptors (Lipinski definition) is 16. The van der Waals surface area contributed by atoms with E-state index in [2.05, 4.69) is 0 Å². The zero-order chi connectivity index (χ0) is 49.4. The molecule has 0 amide bonds. The Morgan fingerprint density at radius 1 is 0.250 bits per heavy atom. The third-order valence-electron chi connectivity index (χ3n) is 6.53. The van der Waals surface area contributed by atoms with Crippen molar-refractivity contribution in [3.05, 3.63) is 109 Å². The standard InChI is InChI=1S/4C8H8Cl3O3PS/c4*1-12-15(16,13-2)14-8-4-6(10)5(9)3-7(8)11/h4*3-4H,1-2H3. The highest BCUT2D eigenvalue weighted by Crippen LogP contribution is 2.54. The van der Waals surface area contributed by atoms with Gasteiger partial charge in [-0.1, -0.05) is 139 Å². The lowest BCUT2D eigenvalue weighted by atomic mass is 10.3. The first-order valence-electron chi connectivity index (χ1n) is 15.9. The summed E-state index contributed by atoms with van der Waals surface area (Å²) in [6, 6.07) is 11.7. The maximum absolute atomic E-state index is 5.91. The van der Waals surface area contributed by atoms with Gasteiger partial charge >= 0.3 is 26.9 Å². The summed E-state index contributed by atoms with van der Waals surface area (Å²) >= 11 is 90.2. The van der Waals surface area contributed by atoms with Gasteiger partial charge in [-0.05, 0) is 24.3 Å². The molecular weight excluding hydrogens is 1250 g/mol. The molecule has 0 aliphatic rings. The van der Waals surface area contributed by atoms with Gasteiger partial charge in [0.1, 0.15) is 23.0 Å². The monoisotopic (exact) mass is 1280 g/mol. The van der Waals surface area contributed by atoms with E-state index >= 15 is 0 Å². The van der Waals surface area contributed by atoms with Crippen LogP contribution in [0, 0.1) is 0 Å². The van der Waals surface area contributed by atoms with E-state index in [0.717, 1.165) is 0 Å². The molecule has 0 bridgehead atoms. The van der Waals surface area contributed by atoms with E-state index in [-0.39, 0.29) is 43.1 Å². The summed E-state index contributed by atoms with van der Waals surface area (Å²) in [5.74, 6) is 1.12. The average molecular weight is 1290 g/mol. The van der Waals surface area contributed by atoms with Gasteiger partial charge < -0.3 is 54.3 Å². The minimum Gasteiger partial charge on any atom is -0.422 e. The van der Waals surface area contributed by atoms with Crippen LogP contribution in [0.3, 0.4) is 0 Å². The lowest BCUT2D eigenvalue weighted by Crippen LogP contribution is -1.97. The fourth-order valence-electron chi connectivity index (χ4n) is 3.38. The summed E-state index contributed by atoms with van der Waals surface area (Å²) in [5, 5.41) is 3.76. The van der Waals surface area contributed by atoms with Gasteiger partial charge in [-0.15, -0.1) is 0 Å². The predicted molar refractivity (Wildman–Crippen MR) is 282 cm³/mol. The third-order valence-corrected chi connectivity index (χ3v) is 20.3. The Morgan fingerprint density at radius 2 is 0.375 bits per heavy atom. The van der Waals surface area contributed by atoms with Crippen molar-refractivity contribution in [1.82, 2.24) is 0 Å². The van der Waals surface area contributed by atoms with Gasteiger partial charge in [0.2, 0.25) is 0 Å². The van der Waals surface area contributed by atoms with E-state index in [1.807, 2.05) is 0 Å². The molecule has 0 fully saturated rings. The van der Waals surface area contributed by atoms with E-state index in [4.69, 9.17) is 241 Å². The van der Waals surface area contributed by atoms with Crippen LogP contribution >= 0.6 is 166 Å². The average Bonchev–Trinajstić information content (AvgIpc) is 3.26. The predicted octanol–water partition coefficient (Wildman–Crippen LogP) is 18.2. The minimum absolute atomic E-state index is 0.281. The quantitative estimate of drug-likeness (QED) is 0.0783. The highest BCUT2D eigenvalue weighted by Gasteiger charge is 2.24. The Labute approximate surface area is 451 Å². The van der Waals surface area contributed by atoms with Gasteiger partial charge in [-0.3, -0.25) is 0 Å². The molecule has 0 aliphatic carbocycles. The minimum atomic E-state index is -2.82. The van der Waals surface area contributed by atoms with Crippen molar-refractivity contribution in [2.45, 2.75) is 0 Å². The van der Waals surface area contributed by atoms with Gasteiger partial charge in [0.05, 0.1) is 60.3 Å². The van der Waals surface area contributed by atoms with E-state index in [1.165, 1.54) is 105 Å². The summed E-state index contributed by atoms with van der Waals surface area (Å²) in [5.41, 5.74) is 0. The third kappa shape index (κ3) is 20.9. The fraction of sp³-hybridized carbons (Fsp3) is 0.250. The highest BCUT2D eigenvalue weighted by atomic mass is 35.5. The highest BCUT2D eigenvalue weighted by molar-refractivity contribution is 8.08. The molecule has 0 spiro atoms. The number of rotatable bonds is 16. The van der Waals surface area contributed by atoms with Crippen LogP contribution in [0.4, 0.5) is 0 Å². The van der Waals surface area contributed by atoms with Gasteiger partial charge in [-0.2, -0.15) is 0 Å². The molecular formula is C32H32Cl12O12P4S4. The molecule has 0 saturated heterocycles. The maximum atomic E-state index is 5.91. The van der Waals surface area contributed by atoms with Crippen LogP contribution in [0.2, 0.25) is 60.3 Å². The summed E-state index contributed by atoms with van der Waals surface area (Å²) < 4.78 is 61.2. The zero-order valence-electron chi connectivity index (χ0n) is 33.5. The first-order valence-corrected chi connectivity index (χ1v) is 30.6. The second-order valence-corrected chi connectivity index (χ2v) is 27.9. The van der Waals surface area contributed by atoms with Crippen LogP contribution in [-0.4, -0.2) is 56.9 Å². The summed E-state index contributed by atoms with van der Waals surface area (Å²) in [6.07, 6.45) is 0. The molecule has 0 heterocycles. The van der Waals surface area contributed by atoms with Crippen LogP contribution in [0.5, 0.6) is 23.0 Å². The van der Waals surface area contributed by atoms with Gasteiger partial charge in [0.15, 0.2) is 0 Å². The Morgan fingerprint density at radius 3 is 0.500 bits per heavy atom. The van der Waals surface area contributed by atoms with Crippen LogP contribution < -0.4 is 18.1 Å². The van der Waals surface area contributed by atoms with Crippen molar-refractivity contribution < 1.29 is 54.3 Å². The Kier molecular flexibility index (Phi) is 29.9. The Bertz CT molecular complexity index is 2060. The van der Waals surface area contributed by atoms with Crippen molar-refractivity contribution in [3.63, 3.8) is 0 Å². The normalized spacial score (nSPS) is 11.6. The molecule has 4 rings (SSSR count). The van der Waals surface area contributed by atoms with Crippen LogP contribution in [0.25, 0.3) is 0 Å². The van der Waals surface area contributed by atoms with Crippen LogP contribution in [0.15, 0.2) is 48.5 Å². The first kappa shape index (κ1) is 63.9. The molecule has 0 N–H and O–H groups in total. The van der Waals surface area contributed by atoms with Crippen molar-refractivity contribution in [2.75, 3.05) is 56.9 Å². The van der Waals surface area contributed by atoms with Gasteiger partial charge in [0, 0.05) is 128 Å². The molecule has 12 nitrogen and oxygen atoms in total. The molecule has 64 heavy (non-hydrogen) atoms. The number of halogens is 12. The van der Waals surface area contributed by atoms with Gasteiger partial charge in [-0.25, -0.2) is 0 Å². The molecule has 0 saturated carbocycles. The van der Waals surface area contributed by atoms with E-state index in [9.17, 15) is 0 Å². The van der Waals surface area contributed by atoms with E-state index < -0.39 is 26.9 Å². The number of hydrogen-bond donors (Lipinski definition) is 0. The van der Waals surface area contributed by atoms with E-state index in [0.29, 0.717) is 40.2 Å². The molecule has 4 aromatic carbocycles. The van der Waals surface area contributed by atoms with Crippen LogP contribution in [-0.2, 0) is 83.4 Å². The lowest BCUT2D eigenvalue weighted by molar-refractivity contribution is 0.272. The summed E-state index contributed by atoms with van der Waals surface area (Å²) in [7, 11) is 11.2. The smallest absolute Gasteiger partial charge is 0.380 e. The molecule has 32 heteroatoms. The first-order chi connectivity index (χ1) is 29.7. The SMILES string of the molecule is COP(=S)(OC)Oc1cc(Cl)c(Cl)cc1Cl.COP(=S)(OC)Oc1cc(Cl)c(Cl)cc1Cl.COP(=S)(OC)Oc1cc(Cl)c(Cl)cc1Cl.COP(=S)(OC)Oc1cc(Cl)c(Cl)cc1Cl. The van der Waals surface area contributed by atoms with Crippen LogP contribution in [0.1, 0.15) is 0 Å². The van der Waals surface area contributed by atoms with E-state index in [1.54, 1.807) is 0 Å². The Balaban J connectivity index is 0.000000427. The molecule has 4 aromatic rings. The second-order valence-electron chi connectivity index (χ2n) is 10.4. The molecule has 0 unspecified atom stereocenters. The molecule has 0 radical (unpaired) electrons. The van der Waals surface area contributed by atoms with Crippen molar-refractivity contribution >= 4 is 213 Å². The molecule has 0 aromatic heterocycles. The molecule has 0 aliphatic heterocycles. The lowest BCUT2D eigenvalue weighted by Gasteiger charge is -2.19. The van der Waals surface area contributed by atoms with Crippen molar-refractivity contribution in [3.8, 4) is 23.0 Å². The second kappa shape index (κ2) is 30.0. The summed E-state index contributed by atoms with van der Waals surface area (Å²) in [6.45, 7) is -11.3. The molecule has 0 atom stereocenters. The summed E-state index contributed by atoms with van der Waals surface area (Å²) in [4.78, 5) is 0. The topological polar surface area (TPSA) is 111 Å². The number of benzene rings is 4. The maximum Gasteiger partial charge on any atom is 0.380 e.